The number of para-hydroxylation sites is 1. The van der Waals surface area contributed by atoms with E-state index in [-0.39, 0.29) is 11.3 Å². The number of ketones is 1. The van der Waals surface area contributed by atoms with Gasteiger partial charge in [0.05, 0.1) is 0 Å². The second-order valence-electron chi connectivity index (χ2n) is 4.66. The fourth-order valence-electron chi connectivity index (χ4n) is 2.17. The second kappa shape index (κ2) is 5.59. The minimum Gasteiger partial charge on any atom is -0.289 e. The van der Waals surface area contributed by atoms with Crippen molar-refractivity contribution in [3.05, 3.63) is 100 Å². The molecule has 0 radical (unpaired) electrons. The van der Waals surface area contributed by atoms with Crippen molar-refractivity contribution in [2.75, 3.05) is 0 Å². The van der Waals surface area contributed by atoms with Crippen LogP contribution in [-0.4, -0.2) is 10.4 Å². The Kier molecular flexibility index (Phi) is 3.48. The van der Waals surface area contributed by atoms with Crippen LogP contribution in [0.1, 0.15) is 15.9 Å². The zero-order chi connectivity index (χ0) is 14.7. The standard InChI is InChI=1S/C18H13NO2/c20-17-12-11-15(18(21)14-7-3-1-4-8-14)13-19(17)16-9-5-2-6-10-16/h1-13H. The van der Waals surface area contributed by atoms with Gasteiger partial charge in [0.1, 0.15) is 0 Å². The molecule has 0 aliphatic rings. The van der Waals surface area contributed by atoms with Gasteiger partial charge in [-0.2, -0.15) is 0 Å². The van der Waals surface area contributed by atoms with Gasteiger partial charge >= 0.3 is 0 Å². The Balaban J connectivity index is 2.07. The maximum Gasteiger partial charge on any atom is 0.255 e. The molecule has 0 aliphatic carbocycles. The highest BCUT2D eigenvalue weighted by Gasteiger charge is 2.10. The minimum atomic E-state index is -0.161. The number of pyridine rings is 1. The number of aromatic nitrogens is 1. The van der Waals surface area contributed by atoms with Crippen molar-refractivity contribution in [2.24, 2.45) is 0 Å². The largest absolute Gasteiger partial charge is 0.289 e. The Morgan fingerprint density at radius 3 is 2.00 bits per heavy atom. The van der Waals surface area contributed by atoms with Gasteiger partial charge < -0.3 is 0 Å². The number of carbonyl (C=O) groups excluding carboxylic acids is 1. The van der Waals surface area contributed by atoms with Crippen LogP contribution in [0.3, 0.4) is 0 Å². The number of nitrogens with zero attached hydrogens (tertiary/aromatic N) is 1. The van der Waals surface area contributed by atoms with Crippen molar-refractivity contribution in [3.63, 3.8) is 0 Å². The zero-order valence-electron chi connectivity index (χ0n) is 11.3. The summed E-state index contributed by atoms with van der Waals surface area (Å²) >= 11 is 0. The topological polar surface area (TPSA) is 39.1 Å². The van der Waals surface area contributed by atoms with E-state index < -0.39 is 0 Å². The van der Waals surface area contributed by atoms with E-state index in [1.54, 1.807) is 24.4 Å². The molecule has 0 amide bonds. The molecule has 0 unspecified atom stereocenters. The van der Waals surface area contributed by atoms with Gasteiger partial charge in [0.2, 0.25) is 0 Å². The van der Waals surface area contributed by atoms with Crippen LogP contribution < -0.4 is 5.56 Å². The summed E-state index contributed by atoms with van der Waals surface area (Å²) in [6.07, 6.45) is 1.59. The molecule has 3 rings (SSSR count). The molecule has 0 fully saturated rings. The summed E-state index contributed by atoms with van der Waals surface area (Å²) < 4.78 is 1.48. The molecule has 0 atom stereocenters. The van der Waals surface area contributed by atoms with Crippen LogP contribution in [0.5, 0.6) is 0 Å². The van der Waals surface area contributed by atoms with Crippen LogP contribution >= 0.6 is 0 Å². The predicted molar refractivity (Wildman–Crippen MR) is 81.9 cm³/mol. The van der Waals surface area contributed by atoms with E-state index in [1.807, 2.05) is 48.5 Å². The Morgan fingerprint density at radius 1 is 0.714 bits per heavy atom. The van der Waals surface area contributed by atoms with Crippen molar-refractivity contribution >= 4 is 5.78 Å². The van der Waals surface area contributed by atoms with Crippen LogP contribution in [-0.2, 0) is 0 Å². The van der Waals surface area contributed by atoms with Crippen molar-refractivity contribution in [1.82, 2.24) is 4.57 Å². The number of carbonyl (C=O) groups is 1. The molecule has 0 aliphatic heterocycles. The van der Waals surface area contributed by atoms with E-state index in [1.165, 1.54) is 10.6 Å². The van der Waals surface area contributed by atoms with Gasteiger partial charge in [0, 0.05) is 29.1 Å². The van der Waals surface area contributed by atoms with Crippen LogP contribution in [0.2, 0.25) is 0 Å². The highest BCUT2D eigenvalue weighted by Crippen LogP contribution is 2.10. The highest BCUT2D eigenvalue weighted by atomic mass is 16.1. The van der Waals surface area contributed by atoms with Gasteiger partial charge in [-0.05, 0) is 18.2 Å². The van der Waals surface area contributed by atoms with E-state index in [0.29, 0.717) is 11.1 Å². The molecule has 0 saturated carbocycles. The van der Waals surface area contributed by atoms with Crippen LogP contribution in [0.25, 0.3) is 5.69 Å². The first-order valence-corrected chi connectivity index (χ1v) is 6.63. The summed E-state index contributed by atoms with van der Waals surface area (Å²) in [7, 11) is 0. The first-order valence-electron chi connectivity index (χ1n) is 6.63. The fourth-order valence-corrected chi connectivity index (χ4v) is 2.17. The first kappa shape index (κ1) is 13.1. The Hall–Kier alpha value is -2.94. The molecule has 1 aromatic heterocycles. The Labute approximate surface area is 122 Å². The maximum atomic E-state index is 12.4. The fraction of sp³-hybridized carbons (Fsp3) is 0. The molecule has 3 nitrogen and oxygen atoms in total. The van der Waals surface area contributed by atoms with E-state index in [0.717, 1.165) is 5.69 Å². The van der Waals surface area contributed by atoms with E-state index in [9.17, 15) is 9.59 Å². The van der Waals surface area contributed by atoms with Crippen molar-refractivity contribution in [3.8, 4) is 5.69 Å². The van der Waals surface area contributed by atoms with Gasteiger partial charge in [-0.3, -0.25) is 14.2 Å². The quantitative estimate of drug-likeness (QED) is 0.689. The summed E-state index contributed by atoms with van der Waals surface area (Å²) in [5.74, 6) is -0.0970. The lowest BCUT2D eigenvalue weighted by molar-refractivity contribution is 0.103. The molecule has 102 valence electrons. The summed E-state index contributed by atoms with van der Waals surface area (Å²) in [5, 5.41) is 0. The molecule has 0 bridgehead atoms. The van der Waals surface area contributed by atoms with Gasteiger partial charge in [-0.25, -0.2) is 0 Å². The van der Waals surface area contributed by atoms with Crippen molar-refractivity contribution < 1.29 is 4.79 Å². The van der Waals surface area contributed by atoms with Gasteiger partial charge in [0.25, 0.3) is 5.56 Å². The monoisotopic (exact) mass is 275 g/mol. The van der Waals surface area contributed by atoms with Gasteiger partial charge in [0.15, 0.2) is 5.78 Å². The normalized spacial score (nSPS) is 10.3. The molecular weight excluding hydrogens is 262 g/mol. The average molecular weight is 275 g/mol. The molecular formula is C18H13NO2. The third-order valence-corrected chi connectivity index (χ3v) is 3.24. The SMILES string of the molecule is O=C(c1ccccc1)c1ccc(=O)n(-c2ccccc2)c1. The number of hydrogen-bond acceptors (Lipinski definition) is 2. The smallest absolute Gasteiger partial charge is 0.255 e. The zero-order valence-corrected chi connectivity index (χ0v) is 11.3. The summed E-state index contributed by atoms with van der Waals surface area (Å²) in [4.78, 5) is 24.4. The lowest BCUT2D eigenvalue weighted by Crippen LogP contribution is -2.18. The first-order chi connectivity index (χ1) is 10.3. The number of benzene rings is 2. The second-order valence-corrected chi connectivity index (χ2v) is 4.66. The molecule has 1 heterocycles. The molecule has 21 heavy (non-hydrogen) atoms. The van der Waals surface area contributed by atoms with E-state index in [4.69, 9.17) is 0 Å². The Bertz CT molecular complexity index is 821. The average Bonchev–Trinajstić information content (AvgIpc) is 2.56. The molecule has 0 N–H and O–H groups in total. The lowest BCUT2D eigenvalue weighted by atomic mass is 10.1. The maximum absolute atomic E-state index is 12.4. The van der Waals surface area contributed by atoms with Crippen molar-refractivity contribution in [2.45, 2.75) is 0 Å². The van der Waals surface area contributed by atoms with E-state index in [2.05, 4.69) is 0 Å². The Morgan fingerprint density at radius 2 is 1.33 bits per heavy atom. The molecule has 3 heteroatoms. The molecule has 0 saturated heterocycles. The number of rotatable bonds is 3. The molecule has 3 aromatic rings. The van der Waals surface area contributed by atoms with Crippen LogP contribution in [0.15, 0.2) is 83.8 Å². The van der Waals surface area contributed by atoms with Gasteiger partial charge in [-0.15, -0.1) is 0 Å². The predicted octanol–water partition coefficient (Wildman–Crippen LogP) is 3.07. The van der Waals surface area contributed by atoms with E-state index >= 15 is 0 Å². The molecule has 2 aromatic carbocycles. The molecule has 0 spiro atoms. The highest BCUT2D eigenvalue weighted by molar-refractivity contribution is 6.08. The van der Waals surface area contributed by atoms with Crippen molar-refractivity contribution in [1.29, 1.82) is 0 Å². The third-order valence-electron chi connectivity index (χ3n) is 3.24. The minimum absolute atomic E-state index is 0.0970. The van der Waals surface area contributed by atoms with Crippen LogP contribution in [0, 0.1) is 0 Å². The summed E-state index contributed by atoms with van der Waals surface area (Å²) in [6.45, 7) is 0. The van der Waals surface area contributed by atoms with Gasteiger partial charge in [-0.1, -0.05) is 48.5 Å². The summed E-state index contributed by atoms with van der Waals surface area (Å²) in [6, 6.07) is 21.3. The summed E-state index contributed by atoms with van der Waals surface area (Å²) in [5.41, 5.74) is 1.68. The number of hydrogen-bond donors (Lipinski definition) is 0. The lowest BCUT2D eigenvalue weighted by Gasteiger charge is -2.07. The van der Waals surface area contributed by atoms with Crippen LogP contribution in [0.4, 0.5) is 0 Å². The third kappa shape index (κ3) is 2.67.